The van der Waals surface area contributed by atoms with Gasteiger partial charge in [-0.05, 0) is 55.4 Å². The lowest BCUT2D eigenvalue weighted by molar-refractivity contribution is -0.127. The first-order chi connectivity index (χ1) is 16.5. The third-order valence-corrected chi connectivity index (χ3v) is 7.33. The van der Waals surface area contributed by atoms with Crippen LogP contribution in [-0.2, 0) is 16.0 Å². The molecule has 3 rings (SSSR count). The van der Waals surface area contributed by atoms with Gasteiger partial charge in [0.1, 0.15) is 4.88 Å². The summed E-state index contributed by atoms with van der Waals surface area (Å²) in [5.41, 5.74) is 1.36. The van der Waals surface area contributed by atoms with E-state index in [1.807, 2.05) is 41.3 Å². The number of nitrogens with zero attached hydrogens (tertiary/aromatic N) is 1. The molecule has 1 N–H and O–H groups in total. The summed E-state index contributed by atoms with van der Waals surface area (Å²) in [4.78, 5) is 27.3. The van der Waals surface area contributed by atoms with Crippen LogP contribution >= 0.6 is 11.3 Å². The molecule has 3 atom stereocenters. The van der Waals surface area contributed by atoms with Crippen LogP contribution in [0.4, 0.5) is 0 Å². The zero-order valence-corrected chi connectivity index (χ0v) is 20.9. The number of carbonyl (C=O) groups excluding carboxylic acids is 2. The number of carbonyl (C=O) groups is 2. The number of rotatable bonds is 12. The lowest BCUT2D eigenvalue weighted by Crippen LogP contribution is -2.32. The number of hydrogen-bond donors (Lipinski definition) is 1. The predicted molar refractivity (Wildman–Crippen MR) is 138 cm³/mol. The molecule has 5 nitrogen and oxygen atoms in total. The van der Waals surface area contributed by atoms with Crippen molar-refractivity contribution in [3.05, 3.63) is 76.0 Å². The third kappa shape index (κ3) is 7.67. The van der Waals surface area contributed by atoms with Gasteiger partial charge in [-0.1, -0.05) is 61.9 Å². The van der Waals surface area contributed by atoms with E-state index in [0.29, 0.717) is 17.8 Å². The van der Waals surface area contributed by atoms with E-state index >= 15 is 0 Å². The standard InChI is InChI=1S/C28H35NO4S/c1-21(9-6-7-12-22-10-4-3-5-11-22)25(30)17-14-23-15-19-27(31)29(23)20-8-13-24-16-18-26(34-24)28(32)33-2/h3-5,8,10-11,13-14,16-18,21,23,25,30H,6-7,9,12,15,19-20H2,1-2H3/b13-8-,17-14+/t21-,23-,25+/m0/s1. The minimum absolute atomic E-state index is 0.00560. The Bertz CT molecular complexity index is 981. The van der Waals surface area contributed by atoms with Gasteiger partial charge in [0, 0.05) is 17.8 Å². The number of thiophene rings is 1. The number of amides is 1. The second-order valence-electron chi connectivity index (χ2n) is 8.83. The normalized spacial score (nSPS) is 18.1. The van der Waals surface area contributed by atoms with Crippen molar-refractivity contribution in [3.63, 3.8) is 0 Å². The van der Waals surface area contributed by atoms with Crippen molar-refractivity contribution >= 4 is 29.3 Å². The zero-order valence-electron chi connectivity index (χ0n) is 20.1. The minimum Gasteiger partial charge on any atom is -0.465 e. The van der Waals surface area contributed by atoms with Crippen LogP contribution in [-0.4, -0.2) is 47.7 Å². The fourth-order valence-corrected chi connectivity index (χ4v) is 5.03. The van der Waals surface area contributed by atoms with E-state index in [2.05, 4.69) is 31.2 Å². The molecule has 0 radical (unpaired) electrons. The van der Waals surface area contributed by atoms with Gasteiger partial charge in [-0.15, -0.1) is 11.3 Å². The molecule has 34 heavy (non-hydrogen) atoms. The summed E-state index contributed by atoms with van der Waals surface area (Å²) < 4.78 is 4.74. The third-order valence-electron chi connectivity index (χ3n) is 6.30. The molecular weight excluding hydrogens is 446 g/mol. The maximum Gasteiger partial charge on any atom is 0.348 e. The van der Waals surface area contributed by atoms with E-state index in [9.17, 15) is 14.7 Å². The highest BCUT2D eigenvalue weighted by atomic mass is 32.1. The fraction of sp³-hybridized carbons (Fsp3) is 0.429. The quantitative estimate of drug-likeness (QED) is 0.247. The molecule has 2 heterocycles. The molecule has 0 spiro atoms. The Hall–Kier alpha value is -2.70. The molecule has 2 aromatic rings. The number of hydrogen-bond acceptors (Lipinski definition) is 5. The number of ether oxygens (including phenoxy) is 1. The Balaban J connectivity index is 1.44. The van der Waals surface area contributed by atoms with Crippen molar-refractivity contribution in [1.82, 2.24) is 4.90 Å². The molecule has 1 amide bonds. The molecule has 0 bridgehead atoms. The number of aryl methyl sites for hydroxylation is 1. The lowest BCUT2D eigenvalue weighted by Gasteiger charge is -2.22. The van der Waals surface area contributed by atoms with Crippen LogP contribution in [0.25, 0.3) is 6.08 Å². The first-order valence-electron chi connectivity index (χ1n) is 12.0. The van der Waals surface area contributed by atoms with Gasteiger partial charge >= 0.3 is 5.97 Å². The summed E-state index contributed by atoms with van der Waals surface area (Å²) in [7, 11) is 1.37. The molecule has 0 unspecified atom stereocenters. The van der Waals surface area contributed by atoms with Crippen molar-refractivity contribution in [2.45, 2.75) is 57.6 Å². The van der Waals surface area contributed by atoms with Crippen molar-refractivity contribution in [1.29, 1.82) is 0 Å². The Kier molecular flexibility index (Phi) is 10.1. The Morgan fingerprint density at radius 2 is 2.03 bits per heavy atom. The Labute approximate surface area is 206 Å². The molecule has 0 saturated carbocycles. The number of esters is 1. The first-order valence-corrected chi connectivity index (χ1v) is 12.8. The van der Waals surface area contributed by atoms with E-state index in [1.165, 1.54) is 24.0 Å². The molecule has 6 heteroatoms. The van der Waals surface area contributed by atoms with E-state index < -0.39 is 6.10 Å². The van der Waals surface area contributed by atoms with Gasteiger partial charge in [0.25, 0.3) is 0 Å². The van der Waals surface area contributed by atoms with Gasteiger partial charge in [-0.3, -0.25) is 4.79 Å². The van der Waals surface area contributed by atoms with Gasteiger partial charge in [-0.2, -0.15) is 0 Å². The molecule has 182 valence electrons. The van der Waals surface area contributed by atoms with Crippen molar-refractivity contribution in [3.8, 4) is 0 Å². The summed E-state index contributed by atoms with van der Waals surface area (Å²) in [5, 5.41) is 10.6. The van der Waals surface area contributed by atoms with Crippen molar-refractivity contribution in [2.75, 3.05) is 13.7 Å². The van der Waals surface area contributed by atoms with Crippen LogP contribution in [0.1, 0.15) is 59.1 Å². The van der Waals surface area contributed by atoms with Crippen LogP contribution in [0.5, 0.6) is 0 Å². The highest BCUT2D eigenvalue weighted by Gasteiger charge is 2.28. The maximum absolute atomic E-state index is 12.4. The summed E-state index contributed by atoms with van der Waals surface area (Å²) in [6.45, 7) is 2.59. The molecular formula is C28H35NO4S. The highest BCUT2D eigenvalue weighted by Crippen LogP contribution is 2.23. The minimum atomic E-state index is -0.507. The second-order valence-corrected chi connectivity index (χ2v) is 9.95. The van der Waals surface area contributed by atoms with Gasteiger partial charge in [0.2, 0.25) is 5.91 Å². The maximum atomic E-state index is 12.4. The molecule has 1 fully saturated rings. The Morgan fingerprint density at radius 1 is 1.24 bits per heavy atom. The average Bonchev–Trinajstić information content (AvgIpc) is 3.47. The van der Waals surface area contributed by atoms with Crippen molar-refractivity contribution < 1.29 is 19.4 Å². The van der Waals surface area contributed by atoms with E-state index in [0.717, 1.165) is 37.0 Å². The molecule has 0 aliphatic carbocycles. The first kappa shape index (κ1) is 25.9. The number of benzene rings is 1. The second kappa shape index (κ2) is 13.3. The number of aliphatic hydroxyl groups excluding tert-OH is 1. The predicted octanol–water partition coefficient (Wildman–Crippen LogP) is 5.51. The van der Waals surface area contributed by atoms with Crippen LogP contribution in [0, 0.1) is 5.92 Å². The van der Waals surface area contributed by atoms with Gasteiger partial charge in [0.15, 0.2) is 0 Å². The van der Waals surface area contributed by atoms with E-state index in [-0.39, 0.29) is 23.8 Å². The number of methoxy groups -OCH3 is 1. The van der Waals surface area contributed by atoms with Crippen LogP contribution < -0.4 is 0 Å². The summed E-state index contributed by atoms with van der Waals surface area (Å²) in [6.07, 6.45) is 12.8. The van der Waals surface area contributed by atoms with Crippen LogP contribution in [0.3, 0.4) is 0 Å². The van der Waals surface area contributed by atoms with E-state index in [1.54, 1.807) is 6.07 Å². The largest absolute Gasteiger partial charge is 0.465 e. The molecule has 1 saturated heterocycles. The van der Waals surface area contributed by atoms with Gasteiger partial charge < -0.3 is 14.7 Å². The number of unbranched alkanes of at least 4 members (excludes halogenated alkanes) is 1. The summed E-state index contributed by atoms with van der Waals surface area (Å²) >= 11 is 1.36. The highest BCUT2D eigenvalue weighted by molar-refractivity contribution is 7.14. The molecule has 1 aliphatic rings. The Morgan fingerprint density at radius 3 is 2.79 bits per heavy atom. The zero-order chi connectivity index (χ0) is 24.3. The molecule has 1 aromatic carbocycles. The number of aliphatic hydroxyl groups is 1. The summed E-state index contributed by atoms with van der Waals surface area (Å²) in [6, 6.07) is 14.1. The van der Waals surface area contributed by atoms with Crippen LogP contribution in [0.2, 0.25) is 0 Å². The SMILES string of the molecule is COC(=O)c1ccc(/C=C\CN2C(=O)CC[C@@H]2/C=C/[C@@H](O)[C@@H](C)CCCCc2ccccc2)s1. The van der Waals surface area contributed by atoms with Gasteiger partial charge in [-0.25, -0.2) is 4.79 Å². The lowest BCUT2D eigenvalue weighted by atomic mass is 9.95. The van der Waals surface area contributed by atoms with Crippen molar-refractivity contribution in [2.24, 2.45) is 5.92 Å². The van der Waals surface area contributed by atoms with Gasteiger partial charge in [0.05, 0.1) is 19.3 Å². The van der Waals surface area contributed by atoms with Crippen LogP contribution in [0.15, 0.2) is 60.7 Å². The monoisotopic (exact) mass is 481 g/mol. The summed E-state index contributed by atoms with van der Waals surface area (Å²) in [5.74, 6) is -0.0296. The molecule has 1 aliphatic heterocycles. The topological polar surface area (TPSA) is 66.8 Å². The fourth-order valence-electron chi connectivity index (χ4n) is 4.17. The number of likely N-dealkylation sites (tertiary alicyclic amines) is 1. The average molecular weight is 482 g/mol. The van der Waals surface area contributed by atoms with E-state index in [4.69, 9.17) is 4.74 Å². The smallest absolute Gasteiger partial charge is 0.348 e. The molecule has 1 aromatic heterocycles.